The summed E-state index contributed by atoms with van der Waals surface area (Å²) in [5.41, 5.74) is 4.00. The molecule has 0 atom stereocenters. The predicted molar refractivity (Wildman–Crippen MR) is 102 cm³/mol. The summed E-state index contributed by atoms with van der Waals surface area (Å²) in [5, 5.41) is 3.68. The highest BCUT2D eigenvalue weighted by atomic mass is 16.1. The Morgan fingerprint density at radius 3 is 2.58 bits per heavy atom. The van der Waals surface area contributed by atoms with Crippen molar-refractivity contribution in [2.75, 3.05) is 5.32 Å². The monoisotopic (exact) mass is 340 g/mol. The third-order valence-corrected chi connectivity index (χ3v) is 4.09. The van der Waals surface area contributed by atoms with Crippen LogP contribution in [0, 0.1) is 6.92 Å². The molecule has 1 aromatic carbocycles. The number of para-hydroxylation sites is 1. The van der Waals surface area contributed by atoms with Crippen LogP contribution in [0.15, 0.2) is 73.2 Å². The highest BCUT2D eigenvalue weighted by Gasteiger charge is 2.14. The molecule has 0 spiro atoms. The van der Waals surface area contributed by atoms with Crippen LogP contribution in [0.1, 0.15) is 15.9 Å². The van der Waals surface area contributed by atoms with Gasteiger partial charge in [-0.15, -0.1) is 0 Å². The number of fused-ring (bicyclic) bond motifs is 1. The molecule has 0 aliphatic rings. The molecule has 126 valence electrons. The number of hydrogen-bond donors (Lipinski definition) is 1. The van der Waals surface area contributed by atoms with Crippen molar-refractivity contribution in [2.24, 2.45) is 0 Å². The van der Waals surface area contributed by atoms with Gasteiger partial charge >= 0.3 is 0 Å². The molecule has 5 heteroatoms. The van der Waals surface area contributed by atoms with E-state index in [2.05, 4.69) is 20.3 Å². The first-order valence-corrected chi connectivity index (χ1v) is 8.25. The maximum absolute atomic E-state index is 12.9. The van der Waals surface area contributed by atoms with Crippen LogP contribution in [0.5, 0.6) is 0 Å². The first kappa shape index (κ1) is 15.9. The lowest BCUT2D eigenvalue weighted by Gasteiger charge is -2.10. The smallest absolute Gasteiger partial charge is 0.257 e. The van der Waals surface area contributed by atoms with Crippen molar-refractivity contribution in [3.8, 4) is 11.3 Å². The van der Waals surface area contributed by atoms with Gasteiger partial charge in [0.2, 0.25) is 0 Å². The first-order chi connectivity index (χ1) is 12.7. The second kappa shape index (κ2) is 6.72. The van der Waals surface area contributed by atoms with E-state index >= 15 is 0 Å². The van der Waals surface area contributed by atoms with Crippen molar-refractivity contribution in [3.63, 3.8) is 0 Å². The fourth-order valence-electron chi connectivity index (χ4n) is 2.82. The van der Waals surface area contributed by atoms with Crippen molar-refractivity contribution in [1.82, 2.24) is 15.0 Å². The number of nitrogens with one attached hydrogen (secondary N) is 1. The second-order valence-electron chi connectivity index (χ2n) is 5.98. The summed E-state index contributed by atoms with van der Waals surface area (Å²) in [5.74, 6) is 0.318. The van der Waals surface area contributed by atoms with Crippen LogP contribution in [0.3, 0.4) is 0 Å². The Morgan fingerprint density at radius 1 is 0.962 bits per heavy atom. The Bertz CT molecular complexity index is 1090. The van der Waals surface area contributed by atoms with E-state index < -0.39 is 0 Å². The van der Waals surface area contributed by atoms with Crippen LogP contribution in [0.2, 0.25) is 0 Å². The van der Waals surface area contributed by atoms with Gasteiger partial charge in [-0.3, -0.25) is 9.78 Å². The maximum Gasteiger partial charge on any atom is 0.257 e. The summed E-state index contributed by atoms with van der Waals surface area (Å²) in [6, 6.07) is 16.9. The lowest BCUT2D eigenvalue weighted by atomic mass is 10.0. The van der Waals surface area contributed by atoms with Crippen LogP contribution in [0.4, 0.5) is 5.82 Å². The minimum absolute atomic E-state index is 0.211. The molecule has 5 nitrogen and oxygen atoms in total. The number of aryl methyl sites for hydroxylation is 1. The zero-order chi connectivity index (χ0) is 17.9. The molecule has 4 rings (SSSR count). The molecule has 3 aromatic heterocycles. The van der Waals surface area contributed by atoms with Gasteiger partial charge in [-0.05, 0) is 48.9 Å². The summed E-state index contributed by atoms with van der Waals surface area (Å²) >= 11 is 0. The van der Waals surface area contributed by atoms with Crippen molar-refractivity contribution in [2.45, 2.75) is 6.92 Å². The molecule has 0 aliphatic heterocycles. The quantitative estimate of drug-likeness (QED) is 0.605. The van der Waals surface area contributed by atoms with Gasteiger partial charge in [0.1, 0.15) is 5.82 Å². The van der Waals surface area contributed by atoms with E-state index in [0.29, 0.717) is 11.4 Å². The molecule has 1 amide bonds. The summed E-state index contributed by atoms with van der Waals surface area (Å²) in [6.07, 6.45) is 5.10. The van der Waals surface area contributed by atoms with Crippen molar-refractivity contribution < 1.29 is 4.79 Å². The molecule has 0 fully saturated rings. The third-order valence-electron chi connectivity index (χ3n) is 4.09. The molecular formula is C21H16N4O. The van der Waals surface area contributed by atoms with Gasteiger partial charge in [0.05, 0.1) is 16.8 Å². The fourth-order valence-corrected chi connectivity index (χ4v) is 2.82. The lowest BCUT2D eigenvalue weighted by Crippen LogP contribution is -2.14. The minimum atomic E-state index is -0.211. The average Bonchev–Trinajstić information content (AvgIpc) is 2.68. The molecule has 1 N–H and O–H groups in total. The lowest BCUT2D eigenvalue weighted by molar-refractivity contribution is 0.102. The highest BCUT2D eigenvalue weighted by Crippen LogP contribution is 2.25. The van der Waals surface area contributed by atoms with E-state index in [1.807, 2.05) is 61.5 Å². The topological polar surface area (TPSA) is 67.8 Å². The molecule has 0 aliphatic carbocycles. The Hall–Kier alpha value is -3.60. The maximum atomic E-state index is 12.9. The van der Waals surface area contributed by atoms with Crippen LogP contribution < -0.4 is 5.32 Å². The Kier molecular flexibility index (Phi) is 4.11. The normalized spacial score (nSPS) is 10.7. The third kappa shape index (κ3) is 3.15. The Morgan fingerprint density at radius 2 is 1.77 bits per heavy atom. The SMILES string of the molecule is Cc1ccnc(NC(=O)c2cc(-c3ccncc3)nc3ccccc23)c1. The van der Waals surface area contributed by atoms with E-state index in [4.69, 9.17) is 0 Å². The number of amides is 1. The number of carbonyl (C=O) groups is 1. The number of carbonyl (C=O) groups excluding carboxylic acids is 1. The zero-order valence-electron chi connectivity index (χ0n) is 14.2. The van der Waals surface area contributed by atoms with Gasteiger partial charge in [-0.2, -0.15) is 0 Å². The van der Waals surface area contributed by atoms with Gasteiger partial charge in [0.15, 0.2) is 0 Å². The van der Waals surface area contributed by atoms with E-state index in [0.717, 1.165) is 27.7 Å². The molecule has 0 bridgehead atoms. The van der Waals surface area contributed by atoms with Gasteiger partial charge in [-0.25, -0.2) is 9.97 Å². The molecule has 0 unspecified atom stereocenters. The van der Waals surface area contributed by atoms with Crippen molar-refractivity contribution in [3.05, 3.63) is 84.3 Å². The number of hydrogen-bond acceptors (Lipinski definition) is 4. The molecule has 0 saturated carbocycles. The van der Waals surface area contributed by atoms with Crippen LogP contribution in [-0.2, 0) is 0 Å². The average molecular weight is 340 g/mol. The van der Waals surface area contributed by atoms with Gasteiger partial charge in [0.25, 0.3) is 5.91 Å². The van der Waals surface area contributed by atoms with Crippen LogP contribution in [-0.4, -0.2) is 20.9 Å². The van der Waals surface area contributed by atoms with Gasteiger partial charge < -0.3 is 5.32 Å². The first-order valence-electron chi connectivity index (χ1n) is 8.25. The fraction of sp³-hybridized carbons (Fsp3) is 0.0476. The number of nitrogens with zero attached hydrogens (tertiary/aromatic N) is 3. The summed E-state index contributed by atoms with van der Waals surface area (Å²) < 4.78 is 0. The van der Waals surface area contributed by atoms with E-state index in [1.165, 1.54) is 0 Å². The summed E-state index contributed by atoms with van der Waals surface area (Å²) in [6.45, 7) is 1.96. The van der Waals surface area contributed by atoms with Gasteiger partial charge in [0, 0.05) is 29.5 Å². The minimum Gasteiger partial charge on any atom is -0.307 e. The predicted octanol–water partition coefficient (Wildman–Crippen LogP) is 4.25. The van der Waals surface area contributed by atoms with Crippen molar-refractivity contribution in [1.29, 1.82) is 0 Å². The molecule has 3 heterocycles. The van der Waals surface area contributed by atoms with Gasteiger partial charge in [-0.1, -0.05) is 18.2 Å². The molecule has 0 radical (unpaired) electrons. The summed E-state index contributed by atoms with van der Waals surface area (Å²) in [7, 11) is 0. The Labute approximate surface area is 150 Å². The highest BCUT2D eigenvalue weighted by molar-refractivity contribution is 6.12. The van der Waals surface area contributed by atoms with Crippen LogP contribution >= 0.6 is 0 Å². The number of pyridine rings is 3. The molecular weight excluding hydrogens is 324 g/mol. The van der Waals surface area contributed by atoms with E-state index in [9.17, 15) is 4.79 Å². The van der Waals surface area contributed by atoms with E-state index in [-0.39, 0.29) is 5.91 Å². The van der Waals surface area contributed by atoms with E-state index in [1.54, 1.807) is 18.6 Å². The molecule has 26 heavy (non-hydrogen) atoms. The Balaban J connectivity index is 1.81. The number of benzene rings is 1. The van der Waals surface area contributed by atoms with Crippen LogP contribution in [0.25, 0.3) is 22.2 Å². The number of anilines is 1. The largest absolute Gasteiger partial charge is 0.307 e. The number of rotatable bonds is 3. The standard InChI is InChI=1S/C21H16N4O/c1-14-6-11-23-20(12-14)25-21(26)17-13-19(15-7-9-22-10-8-15)24-18-5-3-2-4-16(17)18/h2-13H,1H3,(H,23,25,26). The molecule has 0 saturated heterocycles. The zero-order valence-corrected chi connectivity index (χ0v) is 14.2. The summed E-state index contributed by atoms with van der Waals surface area (Å²) in [4.78, 5) is 25.9. The molecule has 4 aromatic rings. The number of aromatic nitrogens is 3. The second-order valence-corrected chi connectivity index (χ2v) is 5.98. The van der Waals surface area contributed by atoms with Crippen molar-refractivity contribution >= 4 is 22.6 Å².